The van der Waals surface area contributed by atoms with Crippen LogP contribution in [0.4, 0.5) is 18.9 Å². The van der Waals surface area contributed by atoms with Gasteiger partial charge in [-0.25, -0.2) is 0 Å². The van der Waals surface area contributed by atoms with Crippen molar-refractivity contribution in [1.29, 1.82) is 0 Å². The van der Waals surface area contributed by atoms with Crippen molar-refractivity contribution in [2.24, 2.45) is 0 Å². The molecule has 0 bridgehead atoms. The van der Waals surface area contributed by atoms with Crippen LogP contribution in [0, 0.1) is 0 Å². The summed E-state index contributed by atoms with van der Waals surface area (Å²) in [5.41, 5.74) is -0.197. The lowest BCUT2D eigenvalue weighted by Crippen LogP contribution is -2.32. The van der Waals surface area contributed by atoms with Gasteiger partial charge < -0.3 is 10.0 Å². The number of nitrogens with zero attached hydrogens (tertiary/aromatic N) is 1. The van der Waals surface area contributed by atoms with Gasteiger partial charge in [-0.15, -0.1) is 0 Å². The van der Waals surface area contributed by atoms with Crippen molar-refractivity contribution < 1.29 is 18.3 Å². The number of rotatable bonds is 2. The van der Waals surface area contributed by atoms with Gasteiger partial charge in [0.25, 0.3) is 0 Å². The van der Waals surface area contributed by atoms with E-state index >= 15 is 0 Å². The molecule has 6 heteroatoms. The number of alkyl halides is 3. The van der Waals surface area contributed by atoms with Crippen molar-refractivity contribution in [1.82, 2.24) is 0 Å². The Morgan fingerprint density at radius 3 is 2.67 bits per heavy atom. The largest absolute Gasteiger partial charge is 0.417 e. The number of aliphatic hydroxyl groups is 1. The Kier molecular flexibility index (Phi) is 3.73. The molecule has 1 saturated heterocycles. The quantitative estimate of drug-likeness (QED) is 0.898. The maximum absolute atomic E-state index is 12.6. The smallest absolute Gasteiger partial charge is 0.394 e. The first-order valence-corrected chi connectivity index (χ1v) is 6.05. The van der Waals surface area contributed by atoms with Crippen LogP contribution in [0.15, 0.2) is 18.2 Å². The molecule has 2 rings (SSSR count). The molecule has 1 heterocycles. The van der Waals surface area contributed by atoms with E-state index in [1.54, 1.807) is 0 Å². The van der Waals surface area contributed by atoms with E-state index in [9.17, 15) is 18.3 Å². The fourth-order valence-electron chi connectivity index (χ4n) is 2.28. The van der Waals surface area contributed by atoms with Crippen LogP contribution in [0.25, 0.3) is 0 Å². The van der Waals surface area contributed by atoms with Gasteiger partial charge in [-0.3, -0.25) is 0 Å². The molecule has 1 aliphatic heterocycles. The highest BCUT2D eigenvalue weighted by molar-refractivity contribution is 6.31. The summed E-state index contributed by atoms with van der Waals surface area (Å²) in [7, 11) is 0. The molecule has 2 nitrogen and oxygen atoms in total. The van der Waals surface area contributed by atoms with Crippen molar-refractivity contribution in [3.63, 3.8) is 0 Å². The molecule has 0 amide bonds. The Hall–Kier alpha value is -0.940. The number of aliphatic hydroxyl groups excluding tert-OH is 1. The minimum absolute atomic E-state index is 0.00135. The van der Waals surface area contributed by atoms with Gasteiger partial charge in [-0.1, -0.05) is 11.6 Å². The van der Waals surface area contributed by atoms with Gasteiger partial charge in [0.05, 0.1) is 23.2 Å². The molecule has 0 aliphatic carbocycles. The van der Waals surface area contributed by atoms with Crippen LogP contribution in [0.1, 0.15) is 18.4 Å². The second-order valence-corrected chi connectivity index (χ2v) is 4.74. The summed E-state index contributed by atoms with van der Waals surface area (Å²) < 4.78 is 37.7. The first-order valence-electron chi connectivity index (χ1n) is 5.67. The Morgan fingerprint density at radius 1 is 1.39 bits per heavy atom. The van der Waals surface area contributed by atoms with Gasteiger partial charge in [0.15, 0.2) is 0 Å². The number of anilines is 1. The van der Waals surface area contributed by atoms with E-state index < -0.39 is 11.7 Å². The van der Waals surface area contributed by atoms with Crippen molar-refractivity contribution >= 4 is 17.3 Å². The average Bonchev–Trinajstić information content (AvgIpc) is 2.74. The highest BCUT2D eigenvalue weighted by atomic mass is 35.5. The van der Waals surface area contributed by atoms with E-state index in [4.69, 9.17) is 11.6 Å². The second kappa shape index (κ2) is 4.97. The minimum atomic E-state index is -4.43. The van der Waals surface area contributed by atoms with Gasteiger partial charge in [-0.2, -0.15) is 13.2 Å². The Morgan fingerprint density at radius 2 is 2.11 bits per heavy atom. The summed E-state index contributed by atoms with van der Waals surface area (Å²) in [6, 6.07) is 3.68. The van der Waals surface area contributed by atoms with Crippen molar-refractivity contribution in [2.75, 3.05) is 18.1 Å². The van der Waals surface area contributed by atoms with Crippen molar-refractivity contribution in [3.8, 4) is 0 Å². The second-order valence-electron chi connectivity index (χ2n) is 4.33. The van der Waals surface area contributed by atoms with Gasteiger partial charge in [0, 0.05) is 12.2 Å². The molecule has 0 aromatic heterocycles. The van der Waals surface area contributed by atoms with E-state index in [1.165, 1.54) is 12.1 Å². The first kappa shape index (κ1) is 13.5. The highest BCUT2D eigenvalue weighted by Crippen LogP contribution is 2.37. The molecule has 100 valence electrons. The lowest BCUT2D eigenvalue weighted by molar-refractivity contribution is -0.137. The molecule has 0 spiro atoms. The Balaban J connectivity index is 2.29. The van der Waals surface area contributed by atoms with Crippen LogP contribution < -0.4 is 4.90 Å². The molecular formula is C12H13ClF3NO. The van der Waals surface area contributed by atoms with Crippen LogP contribution in [0.3, 0.4) is 0 Å². The predicted molar refractivity (Wildman–Crippen MR) is 63.9 cm³/mol. The Labute approximate surface area is 108 Å². The number of hydrogen-bond donors (Lipinski definition) is 1. The lowest BCUT2D eigenvalue weighted by Gasteiger charge is -2.26. The minimum Gasteiger partial charge on any atom is -0.394 e. The van der Waals surface area contributed by atoms with E-state index in [0.29, 0.717) is 5.69 Å². The number of benzene rings is 1. The summed E-state index contributed by atoms with van der Waals surface area (Å²) in [5.74, 6) is 0. The average molecular weight is 280 g/mol. The molecule has 1 aliphatic rings. The van der Waals surface area contributed by atoms with Crippen LogP contribution in [-0.2, 0) is 6.18 Å². The molecule has 18 heavy (non-hydrogen) atoms. The molecule has 1 aromatic rings. The van der Waals surface area contributed by atoms with E-state index in [2.05, 4.69) is 0 Å². The molecular weight excluding hydrogens is 267 g/mol. The third-order valence-electron chi connectivity index (χ3n) is 3.18. The molecule has 1 atom stereocenters. The fourth-order valence-corrected chi connectivity index (χ4v) is 2.56. The summed E-state index contributed by atoms with van der Waals surface area (Å²) in [5, 5.41) is 8.89. The van der Waals surface area contributed by atoms with Crippen LogP contribution in [0.2, 0.25) is 5.02 Å². The van der Waals surface area contributed by atoms with Gasteiger partial charge in [0.2, 0.25) is 0 Å². The molecule has 1 aromatic carbocycles. The van der Waals surface area contributed by atoms with Crippen LogP contribution in [-0.4, -0.2) is 24.3 Å². The Bertz CT molecular complexity index is 436. The maximum Gasteiger partial charge on any atom is 0.417 e. The molecule has 1 N–H and O–H groups in total. The number of hydrogen-bond acceptors (Lipinski definition) is 2. The zero-order valence-electron chi connectivity index (χ0n) is 9.54. The summed E-state index contributed by atoms with van der Waals surface area (Å²) in [6.07, 6.45) is -2.67. The third-order valence-corrected chi connectivity index (χ3v) is 3.49. The zero-order valence-corrected chi connectivity index (χ0v) is 10.3. The predicted octanol–water partition coefficient (Wildman–Crippen LogP) is 3.32. The fraction of sp³-hybridized carbons (Fsp3) is 0.500. The normalized spacial score (nSPS) is 20.5. The highest BCUT2D eigenvalue weighted by Gasteiger charge is 2.34. The first-order chi connectivity index (χ1) is 8.43. The third kappa shape index (κ3) is 2.57. The van der Waals surface area contributed by atoms with Crippen LogP contribution >= 0.6 is 11.6 Å². The topological polar surface area (TPSA) is 23.5 Å². The zero-order chi connectivity index (χ0) is 13.3. The molecule has 1 fully saturated rings. The lowest BCUT2D eigenvalue weighted by atomic mass is 10.1. The standard InChI is InChI=1S/C12H13ClF3NO/c13-11-6-8(3-4-10(11)12(14,15)16)17-5-1-2-9(17)7-18/h3-4,6,9,18H,1-2,5,7H2/t9-/m1/s1. The summed E-state index contributed by atoms with van der Waals surface area (Å²) in [4.78, 5) is 1.89. The SMILES string of the molecule is OC[C@H]1CCCN1c1ccc(C(F)(F)F)c(Cl)c1. The van der Waals surface area contributed by atoms with E-state index in [0.717, 1.165) is 25.5 Å². The molecule has 0 radical (unpaired) electrons. The van der Waals surface area contributed by atoms with Crippen molar-refractivity contribution in [2.45, 2.75) is 25.1 Å². The monoisotopic (exact) mass is 279 g/mol. The van der Waals surface area contributed by atoms with Gasteiger partial charge in [-0.05, 0) is 31.0 Å². The number of halogens is 4. The molecule has 0 unspecified atom stereocenters. The van der Waals surface area contributed by atoms with E-state index in [1.807, 2.05) is 4.90 Å². The van der Waals surface area contributed by atoms with E-state index in [-0.39, 0.29) is 17.7 Å². The maximum atomic E-state index is 12.6. The van der Waals surface area contributed by atoms with Crippen LogP contribution in [0.5, 0.6) is 0 Å². The molecule has 0 saturated carbocycles. The van der Waals surface area contributed by atoms with Gasteiger partial charge >= 0.3 is 6.18 Å². The summed E-state index contributed by atoms with van der Waals surface area (Å²) >= 11 is 5.67. The van der Waals surface area contributed by atoms with Gasteiger partial charge in [0.1, 0.15) is 0 Å². The summed E-state index contributed by atoms with van der Waals surface area (Å²) in [6.45, 7) is 0.728. The van der Waals surface area contributed by atoms with Crippen molar-refractivity contribution in [3.05, 3.63) is 28.8 Å².